The monoisotopic (exact) mass is 403 g/mol. The van der Waals surface area contributed by atoms with Crippen molar-refractivity contribution in [2.45, 2.75) is 25.7 Å². The van der Waals surface area contributed by atoms with Gasteiger partial charge in [-0.2, -0.15) is 0 Å². The van der Waals surface area contributed by atoms with Gasteiger partial charge >= 0.3 is 0 Å². The summed E-state index contributed by atoms with van der Waals surface area (Å²) in [6.45, 7) is 3.57. The topological polar surface area (TPSA) is 96.5 Å². The highest BCUT2D eigenvalue weighted by atomic mass is 32.1. The molecule has 1 aliphatic heterocycles. The summed E-state index contributed by atoms with van der Waals surface area (Å²) in [5.41, 5.74) is 0.615. The number of hydrogen-bond acceptors (Lipinski definition) is 7. The van der Waals surface area contributed by atoms with E-state index in [2.05, 4.69) is 25.7 Å². The lowest BCUT2D eigenvalue weighted by molar-refractivity contribution is 0.0946. The largest absolute Gasteiger partial charge is 0.497 e. The average Bonchev–Trinajstić information content (AvgIpc) is 3.07. The van der Waals surface area contributed by atoms with Gasteiger partial charge in [0.25, 0.3) is 11.8 Å². The van der Waals surface area contributed by atoms with Crippen LogP contribution in [0.4, 0.5) is 5.69 Å². The number of nitrogens with zero attached hydrogens (tertiary/aromatic N) is 3. The van der Waals surface area contributed by atoms with E-state index in [0.29, 0.717) is 18.0 Å². The Kier molecular flexibility index (Phi) is 7.32. The van der Waals surface area contributed by atoms with Crippen molar-refractivity contribution < 1.29 is 14.3 Å². The van der Waals surface area contributed by atoms with Crippen LogP contribution in [-0.2, 0) is 0 Å². The molecule has 0 saturated carbocycles. The quantitative estimate of drug-likeness (QED) is 0.737. The molecule has 150 valence electrons. The lowest BCUT2D eigenvalue weighted by Gasteiger charge is -2.19. The van der Waals surface area contributed by atoms with E-state index in [9.17, 15) is 9.59 Å². The lowest BCUT2D eigenvalue weighted by atomic mass is 10.2. The van der Waals surface area contributed by atoms with Crippen LogP contribution >= 0.6 is 11.3 Å². The van der Waals surface area contributed by atoms with Gasteiger partial charge in [-0.25, -0.2) is 0 Å². The third kappa shape index (κ3) is 5.74. The molecule has 2 aromatic rings. The van der Waals surface area contributed by atoms with Crippen molar-refractivity contribution in [3.63, 3.8) is 0 Å². The number of nitrogens with one attached hydrogen (secondary N) is 2. The lowest BCUT2D eigenvalue weighted by Crippen LogP contribution is -2.35. The van der Waals surface area contributed by atoms with Gasteiger partial charge in [0.05, 0.1) is 7.11 Å². The Balaban J connectivity index is 1.47. The Labute approximate surface area is 168 Å². The Hall–Kier alpha value is -2.52. The Morgan fingerprint density at radius 1 is 1.04 bits per heavy atom. The zero-order valence-electron chi connectivity index (χ0n) is 15.9. The first kappa shape index (κ1) is 20.2. The number of likely N-dealkylation sites (tertiary alicyclic amines) is 1. The first-order valence-electron chi connectivity index (χ1n) is 9.45. The zero-order valence-corrected chi connectivity index (χ0v) is 16.8. The van der Waals surface area contributed by atoms with Crippen LogP contribution in [0.2, 0.25) is 0 Å². The van der Waals surface area contributed by atoms with Crippen LogP contribution in [0.15, 0.2) is 24.3 Å². The van der Waals surface area contributed by atoms with Gasteiger partial charge in [0.1, 0.15) is 5.75 Å². The number of anilines is 1. The molecule has 0 spiro atoms. The van der Waals surface area contributed by atoms with Gasteiger partial charge in [-0.3, -0.25) is 9.59 Å². The van der Waals surface area contributed by atoms with E-state index in [1.54, 1.807) is 31.4 Å². The molecule has 9 heteroatoms. The summed E-state index contributed by atoms with van der Waals surface area (Å²) >= 11 is 0.981. The standard InChI is InChI=1S/C19H25N5O3S/c1-27-15-8-6-14(7-9-15)21-17(26)19-23-22-18(28-19)16(25)20-10-13-24-11-4-2-3-5-12-24/h6-9H,2-5,10-13H2,1H3,(H,20,25)(H,21,26). The number of aromatic nitrogens is 2. The maximum absolute atomic E-state index is 12.3. The number of methoxy groups -OCH3 is 1. The summed E-state index contributed by atoms with van der Waals surface area (Å²) < 4.78 is 5.09. The predicted octanol–water partition coefficient (Wildman–Crippen LogP) is 2.40. The normalized spacial score (nSPS) is 14.9. The number of amides is 2. The third-order valence-electron chi connectivity index (χ3n) is 4.57. The second-order valence-corrected chi connectivity index (χ2v) is 7.58. The minimum absolute atomic E-state index is 0.147. The van der Waals surface area contributed by atoms with Gasteiger partial charge < -0.3 is 20.3 Å². The fourth-order valence-electron chi connectivity index (χ4n) is 3.03. The van der Waals surface area contributed by atoms with Gasteiger partial charge in [-0.15, -0.1) is 10.2 Å². The minimum atomic E-state index is -0.397. The number of hydrogen-bond donors (Lipinski definition) is 2. The van der Waals surface area contributed by atoms with E-state index >= 15 is 0 Å². The van der Waals surface area contributed by atoms with Crippen LogP contribution in [0.5, 0.6) is 5.75 Å². The van der Waals surface area contributed by atoms with Gasteiger partial charge in [0.2, 0.25) is 10.0 Å². The van der Waals surface area contributed by atoms with Crippen molar-refractivity contribution in [1.29, 1.82) is 0 Å². The second kappa shape index (κ2) is 10.1. The van der Waals surface area contributed by atoms with E-state index < -0.39 is 5.91 Å². The maximum Gasteiger partial charge on any atom is 0.286 e. The van der Waals surface area contributed by atoms with Crippen LogP contribution in [0.3, 0.4) is 0 Å². The molecule has 2 amide bonds. The molecule has 2 heterocycles. The number of carbonyl (C=O) groups excluding carboxylic acids is 2. The fourth-order valence-corrected chi connectivity index (χ4v) is 3.68. The van der Waals surface area contributed by atoms with Gasteiger partial charge in [0.15, 0.2) is 0 Å². The Morgan fingerprint density at radius 2 is 1.68 bits per heavy atom. The minimum Gasteiger partial charge on any atom is -0.497 e. The van der Waals surface area contributed by atoms with Crippen LogP contribution in [0.1, 0.15) is 45.3 Å². The van der Waals surface area contributed by atoms with Gasteiger partial charge in [0, 0.05) is 18.8 Å². The van der Waals surface area contributed by atoms with Gasteiger partial charge in [-0.05, 0) is 50.2 Å². The summed E-state index contributed by atoms with van der Waals surface area (Å²) in [6.07, 6.45) is 5.01. The molecule has 1 fully saturated rings. The molecular formula is C19H25N5O3S. The molecule has 3 rings (SSSR count). The van der Waals surface area contributed by atoms with E-state index in [4.69, 9.17) is 4.74 Å². The number of ether oxygens (including phenoxy) is 1. The van der Waals surface area contributed by atoms with Crippen molar-refractivity contribution in [3.8, 4) is 5.75 Å². The van der Waals surface area contributed by atoms with Crippen LogP contribution in [0, 0.1) is 0 Å². The molecule has 2 N–H and O–H groups in total. The smallest absolute Gasteiger partial charge is 0.286 e. The first-order valence-corrected chi connectivity index (χ1v) is 10.3. The molecule has 0 atom stereocenters. The Bertz CT molecular complexity index is 785. The van der Waals surface area contributed by atoms with Crippen molar-refractivity contribution in [2.24, 2.45) is 0 Å². The highest BCUT2D eigenvalue weighted by Gasteiger charge is 2.18. The molecule has 8 nitrogen and oxygen atoms in total. The summed E-state index contributed by atoms with van der Waals surface area (Å²) in [5, 5.41) is 13.6. The van der Waals surface area contributed by atoms with Crippen molar-refractivity contribution >= 4 is 28.8 Å². The van der Waals surface area contributed by atoms with Crippen LogP contribution in [0.25, 0.3) is 0 Å². The van der Waals surface area contributed by atoms with Crippen molar-refractivity contribution in [1.82, 2.24) is 20.4 Å². The number of benzene rings is 1. The molecule has 0 bridgehead atoms. The molecule has 1 aliphatic rings. The van der Waals surface area contributed by atoms with Crippen molar-refractivity contribution in [2.75, 3.05) is 38.6 Å². The predicted molar refractivity (Wildman–Crippen MR) is 108 cm³/mol. The highest BCUT2D eigenvalue weighted by Crippen LogP contribution is 2.17. The fraction of sp³-hybridized carbons (Fsp3) is 0.474. The molecule has 0 aliphatic carbocycles. The summed E-state index contributed by atoms with van der Waals surface area (Å²) in [7, 11) is 1.58. The number of rotatable bonds is 7. The summed E-state index contributed by atoms with van der Waals surface area (Å²) in [5.74, 6) is 0.00940. The maximum atomic E-state index is 12.3. The average molecular weight is 404 g/mol. The number of carbonyl (C=O) groups is 2. The summed E-state index contributed by atoms with van der Waals surface area (Å²) in [4.78, 5) is 26.9. The first-order chi connectivity index (χ1) is 13.7. The zero-order chi connectivity index (χ0) is 19.8. The molecule has 1 aromatic heterocycles. The van der Waals surface area contributed by atoms with E-state index in [0.717, 1.165) is 31.0 Å². The van der Waals surface area contributed by atoms with Gasteiger partial charge in [-0.1, -0.05) is 24.2 Å². The molecular weight excluding hydrogens is 378 g/mol. The molecule has 1 aromatic carbocycles. The SMILES string of the molecule is COc1ccc(NC(=O)c2nnc(C(=O)NCCN3CCCCCC3)s2)cc1. The second-order valence-electron chi connectivity index (χ2n) is 6.61. The molecule has 28 heavy (non-hydrogen) atoms. The van der Waals surface area contributed by atoms with E-state index in [1.807, 2.05) is 0 Å². The van der Waals surface area contributed by atoms with Crippen LogP contribution < -0.4 is 15.4 Å². The summed E-state index contributed by atoms with van der Waals surface area (Å²) in [6, 6.07) is 6.96. The third-order valence-corrected chi connectivity index (χ3v) is 5.49. The molecule has 0 unspecified atom stereocenters. The highest BCUT2D eigenvalue weighted by molar-refractivity contribution is 7.15. The van der Waals surface area contributed by atoms with Crippen molar-refractivity contribution in [3.05, 3.63) is 34.3 Å². The van der Waals surface area contributed by atoms with E-state index in [-0.39, 0.29) is 15.9 Å². The molecule has 1 saturated heterocycles. The Morgan fingerprint density at radius 3 is 2.32 bits per heavy atom. The van der Waals surface area contributed by atoms with E-state index in [1.165, 1.54) is 25.7 Å². The molecule has 0 radical (unpaired) electrons. The van der Waals surface area contributed by atoms with Crippen LogP contribution in [-0.4, -0.2) is 60.2 Å².